The molecule has 1 heterocycles. The largest absolute Gasteiger partial charge is 0.243 e. The van der Waals surface area contributed by atoms with Crippen molar-refractivity contribution in [3.05, 3.63) is 23.5 Å². The van der Waals surface area contributed by atoms with Gasteiger partial charge in [0.05, 0.1) is 0 Å². The van der Waals surface area contributed by atoms with Crippen molar-refractivity contribution in [3.8, 4) is 0 Å². The van der Waals surface area contributed by atoms with Gasteiger partial charge in [-0.05, 0) is 25.0 Å². The third kappa shape index (κ3) is 2.11. The van der Waals surface area contributed by atoms with Crippen LogP contribution < -0.4 is 0 Å². The van der Waals surface area contributed by atoms with Gasteiger partial charge in [0, 0.05) is 16.3 Å². The lowest BCUT2D eigenvalue weighted by atomic mass is 10.5. The van der Waals surface area contributed by atoms with Gasteiger partial charge in [-0.1, -0.05) is 11.6 Å². The maximum Gasteiger partial charge on any atom is 0.129 e. The van der Waals surface area contributed by atoms with Gasteiger partial charge < -0.3 is 0 Å². The van der Waals surface area contributed by atoms with Gasteiger partial charge in [0.2, 0.25) is 0 Å². The van der Waals surface area contributed by atoms with E-state index in [1.165, 1.54) is 17.7 Å². The Balaban J connectivity index is 2.06. The molecule has 1 saturated carbocycles. The van der Waals surface area contributed by atoms with Crippen LogP contribution in [0.4, 0.5) is 0 Å². The molecule has 0 aromatic carbocycles. The van der Waals surface area contributed by atoms with E-state index < -0.39 is 0 Å². The second kappa shape index (κ2) is 3.03. The lowest BCUT2D eigenvalue weighted by Crippen LogP contribution is -1.77. The van der Waals surface area contributed by atoms with Gasteiger partial charge in [-0.2, -0.15) is 0 Å². The molecule has 1 aliphatic rings. The molecule has 2 rings (SSSR count). The summed E-state index contributed by atoms with van der Waals surface area (Å²) in [7, 11) is 0. The van der Waals surface area contributed by atoms with Crippen molar-refractivity contribution < 1.29 is 0 Å². The zero-order chi connectivity index (χ0) is 7.68. The maximum absolute atomic E-state index is 5.64. The van der Waals surface area contributed by atoms with Gasteiger partial charge >= 0.3 is 0 Å². The molecule has 0 aliphatic heterocycles. The predicted octanol–water partition coefficient (Wildman–Crippen LogP) is 2.99. The van der Waals surface area contributed by atoms with Crippen LogP contribution in [-0.4, -0.2) is 10.2 Å². The van der Waals surface area contributed by atoms with Crippen LogP contribution in [0, 0.1) is 0 Å². The molecule has 11 heavy (non-hydrogen) atoms. The number of hydrogen-bond acceptors (Lipinski definition) is 2. The second-order valence-corrected chi connectivity index (χ2v) is 4.39. The topological polar surface area (TPSA) is 12.9 Å². The van der Waals surface area contributed by atoms with E-state index in [-0.39, 0.29) is 0 Å². The lowest BCUT2D eigenvalue weighted by Gasteiger charge is -1.96. The first-order chi connectivity index (χ1) is 5.34. The van der Waals surface area contributed by atoms with Crippen molar-refractivity contribution in [2.45, 2.75) is 23.0 Å². The molecular weight excluding hydrogens is 178 g/mol. The van der Waals surface area contributed by atoms with Gasteiger partial charge in [-0.25, -0.2) is 4.98 Å². The van der Waals surface area contributed by atoms with E-state index in [4.69, 9.17) is 11.6 Å². The van der Waals surface area contributed by atoms with E-state index in [9.17, 15) is 0 Å². The number of aromatic nitrogens is 1. The minimum atomic E-state index is 0.574. The molecule has 0 N–H and O–H groups in total. The zero-order valence-corrected chi connectivity index (χ0v) is 7.53. The summed E-state index contributed by atoms with van der Waals surface area (Å²) in [4.78, 5) is 5.24. The molecule has 0 atom stereocenters. The molecule has 1 aromatic heterocycles. The summed E-state index contributed by atoms with van der Waals surface area (Å²) in [5, 5.41) is 1.42. The average Bonchev–Trinajstić information content (AvgIpc) is 2.78. The molecule has 0 saturated heterocycles. The Bertz CT molecular complexity index is 243. The van der Waals surface area contributed by atoms with E-state index in [2.05, 4.69) is 4.98 Å². The Labute approximate surface area is 75.2 Å². The third-order valence-corrected chi connectivity index (χ3v) is 3.07. The fourth-order valence-electron chi connectivity index (χ4n) is 0.810. The molecule has 1 fully saturated rings. The van der Waals surface area contributed by atoms with Crippen molar-refractivity contribution in [3.63, 3.8) is 0 Å². The van der Waals surface area contributed by atoms with Crippen molar-refractivity contribution in [2.75, 3.05) is 0 Å². The van der Waals surface area contributed by atoms with Gasteiger partial charge in [-0.3, -0.25) is 0 Å². The first-order valence-electron chi connectivity index (χ1n) is 3.63. The molecule has 0 unspecified atom stereocenters. The van der Waals surface area contributed by atoms with E-state index in [1.807, 2.05) is 30.1 Å². The van der Waals surface area contributed by atoms with Crippen LogP contribution >= 0.6 is 23.4 Å². The molecule has 3 heteroatoms. The summed E-state index contributed by atoms with van der Waals surface area (Å²) in [6.07, 6.45) is 4.55. The van der Waals surface area contributed by atoms with Crippen LogP contribution in [0.15, 0.2) is 23.2 Å². The number of thioether (sulfide) groups is 1. The lowest BCUT2D eigenvalue weighted by molar-refractivity contribution is 1.23. The molecule has 0 radical (unpaired) electrons. The van der Waals surface area contributed by atoms with Gasteiger partial charge in [0.1, 0.15) is 5.15 Å². The molecule has 1 nitrogen and oxygen atoms in total. The number of nitrogens with zero attached hydrogens (tertiary/aromatic N) is 1. The highest BCUT2D eigenvalue weighted by Crippen LogP contribution is 2.38. The summed E-state index contributed by atoms with van der Waals surface area (Å²) in [5.74, 6) is 0. The Morgan fingerprint density at radius 2 is 2.27 bits per heavy atom. The van der Waals surface area contributed by atoms with Crippen LogP contribution in [-0.2, 0) is 0 Å². The fourth-order valence-corrected chi connectivity index (χ4v) is 1.94. The van der Waals surface area contributed by atoms with E-state index in [0.29, 0.717) is 5.15 Å². The van der Waals surface area contributed by atoms with Crippen LogP contribution in [0.5, 0.6) is 0 Å². The standard InChI is InChI=1S/C8H8ClNS/c9-8-4-3-7(5-10-8)11-6-1-2-6/h3-6H,1-2H2. The molecule has 58 valence electrons. The van der Waals surface area contributed by atoms with E-state index in [1.54, 1.807) is 0 Å². The quantitative estimate of drug-likeness (QED) is 0.658. The van der Waals surface area contributed by atoms with Gasteiger partial charge in [0.25, 0.3) is 0 Å². The van der Waals surface area contributed by atoms with Crippen molar-refractivity contribution >= 4 is 23.4 Å². The molecule has 1 aromatic rings. The fraction of sp³-hybridized carbons (Fsp3) is 0.375. The van der Waals surface area contributed by atoms with Crippen LogP contribution in [0.2, 0.25) is 5.15 Å². The summed E-state index contributed by atoms with van der Waals surface area (Å²) in [6, 6.07) is 3.87. The Hall–Kier alpha value is -0.210. The molecular formula is C8H8ClNS. The highest BCUT2D eigenvalue weighted by molar-refractivity contribution is 8.00. The van der Waals surface area contributed by atoms with Crippen molar-refractivity contribution in [2.24, 2.45) is 0 Å². The summed E-state index contributed by atoms with van der Waals surface area (Å²) in [6.45, 7) is 0. The second-order valence-electron chi connectivity index (χ2n) is 2.63. The Morgan fingerprint density at radius 1 is 1.45 bits per heavy atom. The van der Waals surface area contributed by atoms with Gasteiger partial charge in [0.15, 0.2) is 0 Å². The zero-order valence-electron chi connectivity index (χ0n) is 5.96. The summed E-state index contributed by atoms with van der Waals surface area (Å²) in [5.41, 5.74) is 0. The first-order valence-corrected chi connectivity index (χ1v) is 4.88. The first kappa shape index (κ1) is 7.44. The Kier molecular flexibility index (Phi) is 2.05. The normalized spacial score (nSPS) is 16.8. The minimum Gasteiger partial charge on any atom is -0.243 e. The summed E-state index contributed by atoms with van der Waals surface area (Å²) < 4.78 is 0. The minimum absolute atomic E-state index is 0.574. The van der Waals surface area contributed by atoms with E-state index in [0.717, 1.165) is 5.25 Å². The number of hydrogen-bond donors (Lipinski definition) is 0. The highest BCUT2D eigenvalue weighted by atomic mass is 35.5. The van der Waals surface area contributed by atoms with Crippen LogP contribution in [0.1, 0.15) is 12.8 Å². The average molecular weight is 186 g/mol. The third-order valence-electron chi connectivity index (χ3n) is 1.53. The van der Waals surface area contributed by atoms with Crippen molar-refractivity contribution in [1.29, 1.82) is 0 Å². The Morgan fingerprint density at radius 3 is 2.82 bits per heavy atom. The molecule has 1 aliphatic carbocycles. The van der Waals surface area contributed by atoms with Crippen LogP contribution in [0.25, 0.3) is 0 Å². The van der Waals surface area contributed by atoms with E-state index >= 15 is 0 Å². The van der Waals surface area contributed by atoms with Crippen LogP contribution in [0.3, 0.4) is 0 Å². The maximum atomic E-state index is 5.64. The number of pyridine rings is 1. The number of rotatable bonds is 2. The molecule has 0 amide bonds. The smallest absolute Gasteiger partial charge is 0.129 e. The SMILES string of the molecule is Clc1ccc(SC2CC2)cn1. The number of halogens is 1. The monoisotopic (exact) mass is 185 g/mol. The van der Waals surface area contributed by atoms with Gasteiger partial charge in [-0.15, -0.1) is 11.8 Å². The predicted molar refractivity (Wildman–Crippen MR) is 48.1 cm³/mol. The summed E-state index contributed by atoms with van der Waals surface area (Å²) >= 11 is 7.54. The highest BCUT2D eigenvalue weighted by Gasteiger charge is 2.22. The molecule has 0 bridgehead atoms. The molecule has 0 spiro atoms. The van der Waals surface area contributed by atoms with Crippen molar-refractivity contribution in [1.82, 2.24) is 4.98 Å².